The van der Waals surface area contributed by atoms with E-state index in [1.54, 1.807) is 18.2 Å². The average Bonchev–Trinajstić information content (AvgIpc) is 3.16. The molecule has 0 radical (unpaired) electrons. The van der Waals surface area contributed by atoms with Crippen molar-refractivity contribution in [1.29, 1.82) is 0 Å². The zero-order valence-corrected chi connectivity index (χ0v) is 15.3. The molecule has 0 spiro atoms. The molecule has 1 amide bonds. The number of carboxylic acid groups (broad SMARTS) is 1. The number of fused-ring (bicyclic) bond motifs is 2. The molecule has 0 saturated heterocycles. The third kappa shape index (κ3) is 4.42. The number of nitrogens with one attached hydrogen (secondary N) is 1. The van der Waals surface area contributed by atoms with E-state index in [0.717, 1.165) is 41.8 Å². The molecule has 2 aliphatic rings. The van der Waals surface area contributed by atoms with Crippen LogP contribution in [0.25, 0.3) is 0 Å². The van der Waals surface area contributed by atoms with Crippen molar-refractivity contribution in [3.63, 3.8) is 0 Å². The second-order valence-electron chi connectivity index (χ2n) is 8.30. The number of hydrogen-bond donors (Lipinski definition) is 2. The van der Waals surface area contributed by atoms with Crippen molar-refractivity contribution in [2.24, 2.45) is 23.7 Å². The normalized spacial score (nSPS) is 24.7. The number of carboxylic acids is 1. The third-order valence-electron chi connectivity index (χ3n) is 5.88. The molecule has 3 atom stereocenters. The Hall–Kier alpha value is -1.84. The van der Waals surface area contributed by atoms with Gasteiger partial charge in [0, 0.05) is 12.1 Å². The Morgan fingerprint density at radius 1 is 1.24 bits per heavy atom. The Morgan fingerprint density at radius 3 is 2.64 bits per heavy atom. The SMILES string of the molecule is CC(C)Cc1cc(C(=O)O)ccc1NC(=O)CCC1CC2CCC1C2. The number of rotatable bonds is 7. The van der Waals surface area contributed by atoms with E-state index in [-0.39, 0.29) is 11.5 Å². The van der Waals surface area contributed by atoms with Gasteiger partial charge in [-0.2, -0.15) is 0 Å². The highest BCUT2D eigenvalue weighted by Crippen LogP contribution is 2.49. The Balaban J connectivity index is 1.60. The Labute approximate surface area is 150 Å². The van der Waals surface area contributed by atoms with Crippen LogP contribution in [-0.2, 0) is 11.2 Å². The molecule has 1 aromatic carbocycles. The van der Waals surface area contributed by atoms with Crippen molar-refractivity contribution in [2.75, 3.05) is 5.32 Å². The van der Waals surface area contributed by atoms with Gasteiger partial charge in [0.15, 0.2) is 0 Å². The molecule has 2 aliphatic carbocycles. The molecule has 4 heteroatoms. The van der Waals surface area contributed by atoms with Crippen molar-refractivity contribution in [3.8, 4) is 0 Å². The standard InChI is InChI=1S/C21H29NO3/c1-13(2)9-18-12-17(21(24)25)5-7-19(18)22-20(23)8-6-16-11-14-3-4-15(16)10-14/h5,7,12-16H,3-4,6,8-11H2,1-2H3,(H,22,23)(H,24,25). The maximum Gasteiger partial charge on any atom is 0.335 e. The van der Waals surface area contributed by atoms with E-state index >= 15 is 0 Å². The molecule has 0 heterocycles. The smallest absolute Gasteiger partial charge is 0.335 e. The average molecular weight is 343 g/mol. The monoisotopic (exact) mass is 343 g/mol. The number of aromatic carboxylic acids is 1. The van der Waals surface area contributed by atoms with E-state index in [1.807, 2.05) is 0 Å². The van der Waals surface area contributed by atoms with Gasteiger partial charge in [-0.05, 0) is 79.5 Å². The van der Waals surface area contributed by atoms with E-state index in [4.69, 9.17) is 0 Å². The summed E-state index contributed by atoms with van der Waals surface area (Å²) in [6, 6.07) is 4.99. The van der Waals surface area contributed by atoms with Crippen LogP contribution in [0.1, 0.15) is 68.3 Å². The van der Waals surface area contributed by atoms with Crippen LogP contribution in [0.3, 0.4) is 0 Å². The quantitative estimate of drug-likeness (QED) is 0.751. The van der Waals surface area contributed by atoms with Crippen LogP contribution in [-0.4, -0.2) is 17.0 Å². The number of benzene rings is 1. The summed E-state index contributed by atoms with van der Waals surface area (Å²) in [5.41, 5.74) is 1.94. The van der Waals surface area contributed by atoms with Crippen LogP contribution in [0.2, 0.25) is 0 Å². The van der Waals surface area contributed by atoms with Gasteiger partial charge in [0.05, 0.1) is 5.56 Å². The lowest BCUT2D eigenvalue weighted by atomic mass is 9.85. The first-order valence-corrected chi connectivity index (χ1v) is 9.58. The summed E-state index contributed by atoms with van der Waals surface area (Å²) >= 11 is 0. The fourth-order valence-corrected chi connectivity index (χ4v) is 4.72. The Bertz CT molecular complexity index is 653. The fraction of sp³-hybridized carbons (Fsp3) is 0.619. The largest absolute Gasteiger partial charge is 0.478 e. The molecule has 25 heavy (non-hydrogen) atoms. The first-order chi connectivity index (χ1) is 11.9. The summed E-state index contributed by atoms with van der Waals surface area (Å²) in [5.74, 6) is 2.02. The summed E-state index contributed by atoms with van der Waals surface area (Å²) < 4.78 is 0. The van der Waals surface area contributed by atoms with Gasteiger partial charge in [-0.25, -0.2) is 4.79 Å². The number of amides is 1. The summed E-state index contributed by atoms with van der Waals surface area (Å²) in [6.07, 6.45) is 7.73. The molecule has 3 rings (SSSR count). The molecular formula is C21H29NO3. The second-order valence-corrected chi connectivity index (χ2v) is 8.30. The van der Waals surface area contributed by atoms with Crippen molar-refractivity contribution < 1.29 is 14.7 Å². The molecular weight excluding hydrogens is 314 g/mol. The van der Waals surface area contributed by atoms with Gasteiger partial charge in [0.2, 0.25) is 5.91 Å². The minimum atomic E-state index is -0.931. The summed E-state index contributed by atoms with van der Waals surface area (Å²) in [5, 5.41) is 12.2. The molecule has 1 aromatic rings. The highest BCUT2D eigenvalue weighted by molar-refractivity contribution is 5.93. The minimum absolute atomic E-state index is 0.0517. The summed E-state index contributed by atoms with van der Waals surface area (Å²) in [6.45, 7) is 4.18. The van der Waals surface area contributed by atoms with Gasteiger partial charge in [0.25, 0.3) is 0 Å². The fourth-order valence-electron chi connectivity index (χ4n) is 4.72. The van der Waals surface area contributed by atoms with Crippen LogP contribution < -0.4 is 5.32 Å². The van der Waals surface area contributed by atoms with E-state index in [2.05, 4.69) is 19.2 Å². The van der Waals surface area contributed by atoms with E-state index in [9.17, 15) is 14.7 Å². The van der Waals surface area contributed by atoms with E-state index in [1.165, 1.54) is 25.7 Å². The van der Waals surface area contributed by atoms with E-state index < -0.39 is 5.97 Å². The van der Waals surface area contributed by atoms with Gasteiger partial charge < -0.3 is 10.4 Å². The van der Waals surface area contributed by atoms with Crippen molar-refractivity contribution in [1.82, 2.24) is 0 Å². The third-order valence-corrected chi connectivity index (χ3v) is 5.88. The highest BCUT2D eigenvalue weighted by Gasteiger charge is 2.39. The zero-order valence-electron chi connectivity index (χ0n) is 15.3. The zero-order chi connectivity index (χ0) is 18.0. The van der Waals surface area contributed by atoms with Crippen LogP contribution in [0, 0.1) is 23.7 Å². The molecule has 0 aromatic heterocycles. The number of carbonyl (C=O) groups excluding carboxylic acids is 1. The predicted octanol–water partition coefficient (Wildman–Crippen LogP) is 4.74. The van der Waals surface area contributed by atoms with Crippen LogP contribution in [0.5, 0.6) is 0 Å². The Kier molecular flexibility index (Phi) is 5.45. The van der Waals surface area contributed by atoms with Crippen LogP contribution >= 0.6 is 0 Å². The maximum absolute atomic E-state index is 12.4. The van der Waals surface area contributed by atoms with Crippen LogP contribution in [0.15, 0.2) is 18.2 Å². The molecule has 2 saturated carbocycles. The molecule has 3 unspecified atom stereocenters. The van der Waals surface area contributed by atoms with Gasteiger partial charge in [-0.1, -0.05) is 20.3 Å². The number of anilines is 1. The first kappa shape index (κ1) is 18.0. The topological polar surface area (TPSA) is 66.4 Å². The Morgan fingerprint density at radius 2 is 2.04 bits per heavy atom. The molecule has 136 valence electrons. The van der Waals surface area contributed by atoms with Crippen molar-refractivity contribution in [3.05, 3.63) is 29.3 Å². The molecule has 2 N–H and O–H groups in total. The lowest BCUT2D eigenvalue weighted by molar-refractivity contribution is -0.116. The molecule has 2 bridgehead atoms. The highest BCUT2D eigenvalue weighted by atomic mass is 16.4. The number of hydrogen-bond acceptors (Lipinski definition) is 2. The predicted molar refractivity (Wildman–Crippen MR) is 98.7 cm³/mol. The van der Waals surface area contributed by atoms with Crippen molar-refractivity contribution in [2.45, 2.75) is 58.8 Å². The summed E-state index contributed by atoms with van der Waals surface area (Å²) in [7, 11) is 0. The first-order valence-electron chi connectivity index (χ1n) is 9.58. The maximum atomic E-state index is 12.4. The lowest BCUT2D eigenvalue weighted by Crippen LogP contribution is -2.17. The van der Waals surface area contributed by atoms with Gasteiger partial charge in [0.1, 0.15) is 0 Å². The molecule has 4 nitrogen and oxygen atoms in total. The van der Waals surface area contributed by atoms with E-state index in [0.29, 0.717) is 12.3 Å². The van der Waals surface area contributed by atoms with Gasteiger partial charge >= 0.3 is 5.97 Å². The molecule has 2 fully saturated rings. The minimum Gasteiger partial charge on any atom is -0.478 e. The summed E-state index contributed by atoms with van der Waals surface area (Å²) in [4.78, 5) is 23.6. The van der Waals surface area contributed by atoms with Gasteiger partial charge in [-0.15, -0.1) is 0 Å². The second kappa shape index (κ2) is 7.59. The van der Waals surface area contributed by atoms with Crippen LogP contribution in [0.4, 0.5) is 5.69 Å². The lowest BCUT2D eigenvalue weighted by Gasteiger charge is -2.21. The number of carbonyl (C=O) groups is 2. The van der Waals surface area contributed by atoms with Crippen molar-refractivity contribution >= 4 is 17.6 Å². The molecule has 0 aliphatic heterocycles. The van der Waals surface area contributed by atoms with Gasteiger partial charge in [-0.3, -0.25) is 4.79 Å².